The molecule has 222 valence electrons. The Morgan fingerprint density at radius 1 is 1.12 bits per heavy atom. The number of phenols is 1. The molecule has 4 atom stereocenters. The summed E-state index contributed by atoms with van der Waals surface area (Å²) in [6.07, 6.45) is -0.516. The number of rotatable bonds is 11. The Labute approximate surface area is 240 Å². The largest absolute Gasteiger partial charge is 0.507 e. The fraction of sp³-hybridized carbons (Fsp3) is 0.467. The molecule has 0 saturated heterocycles. The highest BCUT2D eigenvalue weighted by molar-refractivity contribution is 5.99. The minimum Gasteiger partial charge on any atom is -0.507 e. The first-order valence-electron chi connectivity index (χ1n) is 13.5. The van der Waals surface area contributed by atoms with Crippen LogP contribution in [0.4, 0.5) is 10.5 Å². The predicted octanol–water partition coefficient (Wildman–Crippen LogP) is 3.78. The minimum atomic E-state index is -1.25. The highest BCUT2D eigenvalue weighted by Crippen LogP contribution is 2.43. The molecule has 2 aromatic rings. The van der Waals surface area contributed by atoms with Gasteiger partial charge in [-0.25, -0.2) is 4.79 Å². The number of phenolic OH excluding ortho intramolecular Hbond substituents is 1. The summed E-state index contributed by atoms with van der Waals surface area (Å²) in [6, 6.07) is 8.86. The number of aromatic hydroxyl groups is 1. The molecule has 1 fully saturated rings. The number of ether oxygens (including phenoxy) is 2. The third-order valence-electron chi connectivity index (χ3n) is 6.79. The van der Waals surface area contributed by atoms with Crippen molar-refractivity contribution < 1.29 is 33.8 Å². The molecule has 3 rings (SSSR count). The number of para-hydroxylation sites is 1. The second kappa shape index (κ2) is 12.9. The van der Waals surface area contributed by atoms with Crippen molar-refractivity contribution in [3.05, 3.63) is 53.6 Å². The van der Waals surface area contributed by atoms with Crippen molar-refractivity contribution >= 4 is 29.5 Å². The molecule has 2 aromatic carbocycles. The molecule has 0 radical (unpaired) electrons. The van der Waals surface area contributed by atoms with E-state index in [4.69, 9.17) is 15.2 Å². The third kappa shape index (κ3) is 8.36. The van der Waals surface area contributed by atoms with Crippen molar-refractivity contribution in [2.75, 3.05) is 12.4 Å². The van der Waals surface area contributed by atoms with Gasteiger partial charge in [0.15, 0.2) is 0 Å². The van der Waals surface area contributed by atoms with Crippen molar-refractivity contribution in [1.29, 1.82) is 0 Å². The zero-order chi connectivity index (χ0) is 30.5. The first-order valence-corrected chi connectivity index (χ1v) is 13.5. The summed E-state index contributed by atoms with van der Waals surface area (Å²) in [6.45, 7) is 8.70. The first kappa shape index (κ1) is 31.3. The number of benzene rings is 2. The van der Waals surface area contributed by atoms with Gasteiger partial charge in [0.25, 0.3) is 5.91 Å². The van der Waals surface area contributed by atoms with E-state index in [1.54, 1.807) is 70.2 Å². The maximum Gasteiger partial charge on any atom is 0.408 e. The van der Waals surface area contributed by atoms with Gasteiger partial charge < -0.3 is 35.8 Å². The molecule has 0 aliphatic heterocycles. The summed E-state index contributed by atoms with van der Waals surface area (Å²) >= 11 is 0. The van der Waals surface area contributed by atoms with Gasteiger partial charge in [0.1, 0.15) is 29.2 Å². The summed E-state index contributed by atoms with van der Waals surface area (Å²) in [4.78, 5) is 54.0. The molecule has 11 heteroatoms. The van der Waals surface area contributed by atoms with Crippen molar-refractivity contribution in [3.8, 4) is 11.5 Å². The Balaban J connectivity index is 2.06. The molecule has 5 N–H and O–H groups in total. The summed E-state index contributed by atoms with van der Waals surface area (Å²) < 4.78 is 10.6. The number of nitrogens with zero attached hydrogens (tertiary/aromatic N) is 1. The summed E-state index contributed by atoms with van der Waals surface area (Å²) in [7, 11) is 1.53. The Bertz CT molecular complexity index is 1270. The van der Waals surface area contributed by atoms with Crippen molar-refractivity contribution in [2.45, 2.75) is 77.6 Å². The van der Waals surface area contributed by atoms with Crippen LogP contribution in [-0.4, -0.2) is 58.6 Å². The van der Waals surface area contributed by atoms with Crippen LogP contribution < -0.4 is 21.1 Å². The number of methoxy groups -OCH3 is 1. The van der Waals surface area contributed by atoms with Crippen LogP contribution in [0, 0.1) is 12.8 Å². The molecule has 4 amide bonds. The highest BCUT2D eigenvalue weighted by atomic mass is 16.6. The van der Waals surface area contributed by atoms with Gasteiger partial charge in [-0.1, -0.05) is 25.1 Å². The van der Waals surface area contributed by atoms with E-state index in [-0.39, 0.29) is 36.1 Å². The average Bonchev–Trinajstić information content (AvgIpc) is 3.61. The highest BCUT2D eigenvalue weighted by Gasteiger charge is 2.49. The normalized spacial score (nSPS) is 17.5. The van der Waals surface area contributed by atoms with Crippen LogP contribution >= 0.6 is 0 Å². The SMILES string of the molecule is COc1ccc(NC(=O)C(c2cccc(C)c2O)N(C(=O)C(CCC(N)=O)NC(=O)OC(C)(C)C)C2CC2C)cc1. The lowest BCUT2D eigenvalue weighted by Gasteiger charge is -2.35. The van der Waals surface area contributed by atoms with E-state index in [2.05, 4.69) is 10.6 Å². The monoisotopic (exact) mass is 568 g/mol. The van der Waals surface area contributed by atoms with E-state index in [0.717, 1.165) is 0 Å². The van der Waals surface area contributed by atoms with Gasteiger partial charge >= 0.3 is 6.09 Å². The molecule has 0 heterocycles. The van der Waals surface area contributed by atoms with Crippen LogP contribution in [-0.2, 0) is 19.1 Å². The van der Waals surface area contributed by atoms with Crippen molar-refractivity contribution in [3.63, 3.8) is 0 Å². The van der Waals surface area contributed by atoms with E-state index in [1.165, 1.54) is 12.0 Å². The van der Waals surface area contributed by atoms with Crippen LogP contribution in [0.15, 0.2) is 42.5 Å². The van der Waals surface area contributed by atoms with Gasteiger partial charge in [0.2, 0.25) is 11.8 Å². The summed E-state index contributed by atoms with van der Waals surface area (Å²) in [5.41, 5.74) is 5.76. The fourth-order valence-corrected chi connectivity index (χ4v) is 4.55. The van der Waals surface area contributed by atoms with Gasteiger partial charge in [-0.05, 0) is 76.3 Å². The Kier molecular flexibility index (Phi) is 9.85. The van der Waals surface area contributed by atoms with Gasteiger partial charge in [0.05, 0.1) is 7.11 Å². The topological polar surface area (TPSA) is 160 Å². The zero-order valence-electron chi connectivity index (χ0n) is 24.4. The number of hydrogen-bond acceptors (Lipinski definition) is 7. The van der Waals surface area contributed by atoms with Crippen LogP contribution in [0.2, 0.25) is 0 Å². The number of carbonyl (C=O) groups is 4. The number of hydrogen-bond donors (Lipinski definition) is 4. The number of primary amides is 1. The van der Waals surface area contributed by atoms with Crippen LogP contribution in [0.5, 0.6) is 11.5 Å². The lowest BCUT2D eigenvalue weighted by Crippen LogP contribution is -2.53. The molecule has 11 nitrogen and oxygen atoms in total. The number of nitrogens with two attached hydrogens (primary N) is 1. The molecule has 0 bridgehead atoms. The number of nitrogens with one attached hydrogen (secondary N) is 2. The first-order chi connectivity index (χ1) is 19.2. The van der Waals surface area contributed by atoms with Crippen LogP contribution in [0.3, 0.4) is 0 Å². The molecule has 1 aliphatic rings. The second-order valence-corrected chi connectivity index (χ2v) is 11.4. The quantitative estimate of drug-likeness (QED) is 0.321. The fourth-order valence-electron chi connectivity index (χ4n) is 4.55. The minimum absolute atomic E-state index is 0.0560. The number of alkyl carbamates (subject to hydrolysis) is 1. The molecular weight excluding hydrogens is 528 g/mol. The molecule has 0 aromatic heterocycles. The van der Waals surface area contributed by atoms with E-state index >= 15 is 0 Å². The number of anilines is 1. The lowest BCUT2D eigenvalue weighted by molar-refractivity contribution is -0.142. The van der Waals surface area contributed by atoms with Crippen molar-refractivity contribution in [1.82, 2.24) is 10.2 Å². The third-order valence-corrected chi connectivity index (χ3v) is 6.79. The van der Waals surface area contributed by atoms with E-state index in [1.807, 2.05) is 6.92 Å². The van der Waals surface area contributed by atoms with Crippen LogP contribution in [0.1, 0.15) is 64.1 Å². The molecule has 4 unspecified atom stereocenters. The molecular formula is C30H40N4O7. The van der Waals surface area contributed by atoms with Gasteiger partial charge in [-0.3, -0.25) is 14.4 Å². The summed E-state index contributed by atoms with van der Waals surface area (Å²) in [5, 5.41) is 16.5. The number of carbonyl (C=O) groups excluding carboxylic acids is 4. The van der Waals surface area contributed by atoms with Crippen LogP contribution in [0.25, 0.3) is 0 Å². The smallest absolute Gasteiger partial charge is 0.408 e. The Hall–Kier alpha value is -4.28. The molecule has 0 spiro atoms. The molecule has 1 saturated carbocycles. The van der Waals surface area contributed by atoms with Gasteiger partial charge in [-0.2, -0.15) is 0 Å². The van der Waals surface area contributed by atoms with E-state index < -0.39 is 41.5 Å². The Morgan fingerprint density at radius 2 is 1.76 bits per heavy atom. The Morgan fingerprint density at radius 3 is 2.29 bits per heavy atom. The average molecular weight is 569 g/mol. The standard InChI is InChI=1S/C30H40N4O7/c1-17-8-7-9-21(26(17)36)25(27(37)32-19-10-12-20(40-6)13-11-19)34(23-16-18(23)2)28(38)22(14-15-24(31)35)33-29(39)41-30(3,4)5/h7-13,18,22-23,25,36H,14-16H2,1-6H3,(H2,31,35)(H,32,37)(H,33,39). The molecule has 1 aliphatic carbocycles. The second-order valence-electron chi connectivity index (χ2n) is 11.4. The number of amides is 4. The van der Waals surface area contributed by atoms with E-state index in [0.29, 0.717) is 23.4 Å². The number of aryl methyl sites for hydroxylation is 1. The molecule has 41 heavy (non-hydrogen) atoms. The van der Waals surface area contributed by atoms with Gasteiger partial charge in [0, 0.05) is 23.7 Å². The maximum absolute atomic E-state index is 14.3. The lowest BCUT2D eigenvalue weighted by atomic mass is 9.98. The summed E-state index contributed by atoms with van der Waals surface area (Å²) in [5.74, 6) is -1.27. The zero-order valence-corrected chi connectivity index (χ0v) is 24.4. The predicted molar refractivity (Wildman–Crippen MR) is 153 cm³/mol. The van der Waals surface area contributed by atoms with Gasteiger partial charge in [-0.15, -0.1) is 0 Å². The van der Waals surface area contributed by atoms with Crippen molar-refractivity contribution in [2.24, 2.45) is 11.7 Å². The maximum atomic E-state index is 14.3. The van der Waals surface area contributed by atoms with E-state index in [9.17, 15) is 24.3 Å².